The average molecular weight is 315 g/mol. The average Bonchev–Trinajstić information content (AvgIpc) is 2.25. The van der Waals surface area contributed by atoms with Crippen molar-refractivity contribution in [2.75, 3.05) is 6.54 Å². The number of hydrogen-bond acceptors (Lipinski definition) is 3. The minimum atomic E-state index is -0.511. The maximum atomic E-state index is 11.7. The number of rotatable bonds is 3. The van der Waals surface area contributed by atoms with Crippen LogP contribution in [0.2, 0.25) is 0 Å². The van der Waals surface area contributed by atoms with Gasteiger partial charge in [0.15, 0.2) is 0 Å². The Morgan fingerprint density at radius 3 is 2.39 bits per heavy atom. The van der Waals surface area contributed by atoms with Gasteiger partial charge in [0.1, 0.15) is 5.60 Å². The Morgan fingerprint density at radius 1 is 1.39 bits per heavy atom. The first-order chi connectivity index (χ1) is 8.31. The van der Waals surface area contributed by atoms with Gasteiger partial charge in [-0.25, -0.2) is 4.79 Å². The lowest BCUT2D eigenvalue weighted by atomic mass is 10.1. The molecule has 0 aliphatic rings. The molecule has 0 saturated carbocycles. The van der Waals surface area contributed by atoms with Gasteiger partial charge in [-0.2, -0.15) is 0 Å². The summed E-state index contributed by atoms with van der Waals surface area (Å²) in [7, 11) is 0. The second kappa shape index (κ2) is 6.20. The largest absolute Gasteiger partial charge is 0.444 e. The summed E-state index contributed by atoms with van der Waals surface area (Å²) >= 11 is 3.36. The first-order valence-corrected chi connectivity index (χ1v) is 6.56. The van der Waals surface area contributed by atoms with Crippen LogP contribution in [0.5, 0.6) is 0 Å². The van der Waals surface area contributed by atoms with Gasteiger partial charge in [0.2, 0.25) is 0 Å². The summed E-state index contributed by atoms with van der Waals surface area (Å²) < 4.78 is 6.19. The molecule has 0 aromatic heterocycles. The molecule has 0 fully saturated rings. The summed E-state index contributed by atoms with van der Waals surface area (Å²) in [6.45, 7) is 5.79. The minimum absolute atomic E-state index is 0.243. The molecule has 1 rings (SSSR count). The van der Waals surface area contributed by atoms with Crippen LogP contribution in [0.3, 0.4) is 0 Å². The number of hydrogen-bond donors (Lipinski definition) is 2. The van der Waals surface area contributed by atoms with E-state index in [1.807, 2.05) is 45.0 Å². The number of carbonyl (C=O) groups is 1. The molecule has 0 aliphatic carbocycles. The van der Waals surface area contributed by atoms with Gasteiger partial charge in [-0.05, 0) is 38.5 Å². The Bertz CT molecular complexity index is 398. The van der Waals surface area contributed by atoms with Crippen LogP contribution in [0.15, 0.2) is 28.7 Å². The third-order valence-electron chi connectivity index (χ3n) is 2.20. The molecule has 3 N–H and O–H groups in total. The Morgan fingerprint density at radius 2 is 1.94 bits per heavy atom. The summed E-state index contributed by atoms with van der Waals surface area (Å²) in [6.07, 6.45) is -0.458. The van der Waals surface area contributed by atoms with Crippen molar-refractivity contribution >= 4 is 22.0 Å². The van der Waals surface area contributed by atoms with Crippen molar-refractivity contribution < 1.29 is 9.53 Å². The summed E-state index contributed by atoms with van der Waals surface area (Å²) in [5.74, 6) is 0. The topological polar surface area (TPSA) is 64.3 Å². The van der Waals surface area contributed by atoms with Crippen molar-refractivity contribution in [1.29, 1.82) is 0 Å². The van der Waals surface area contributed by atoms with E-state index in [2.05, 4.69) is 21.2 Å². The number of benzene rings is 1. The van der Waals surface area contributed by atoms with Crippen molar-refractivity contribution in [3.05, 3.63) is 34.3 Å². The van der Waals surface area contributed by atoms with E-state index in [1.165, 1.54) is 0 Å². The fourth-order valence-corrected chi connectivity index (χ4v) is 1.69. The molecular formula is C13H19BrN2O2. The number of ether oxygens (including phenoxy) is 1. The zero-order valence-electron chi connectivity index (χ0n) is 10.9. The predicted octanol–water partition coefficient (Wildman–Crippen LogP) is 2.97. The van der Waals surface area contributed by atoms with Crippen LogP contribution in [0.1, 0.15) is 32.4 Å². The first-order valence-electron chi connectivity index (χ1n) is 5.77. The first kappa shape index (κ1) is 15.0. The van der Waals surface area contributed by atoms with Gasteiger partial charge >= 0.3 is 6.09 Å². The van der Waals surface area contributed by atoms with Crippen LogP contribution in [-0.2, 0) is 4.74 Å². The zero-order chi connectivity index (χ0) is 13.8. The van der Waals surface area contributed by atoms with E-state index in [1.54, 1.807) is 0 Å². The van der Waals surface area contributed by atoms with Gasteiger partial charge in [-0.1, -0.05) is 28.1 Å². The Kier molecular flexibility index (Phi) is 5.16. The van der Waals surface area contributed by atoms with E-state index in [-0.39, 0.29) is 6.04 Å². The smallest absolute Gasteiger partial charge is 0.408 e. The molecule has 1 aromatic carbocycles. The van der Waals surface area contributed by atoms with Crippen molar-refractivity contribution in [3.63, 3.8) is 0 Å². The number of nitrogens with one attached hydrogen (secondary N) is 1. The molecule has 1 aromatic rings. The standard InChI is InChI=1S/C13H19BrN2O2/c1-13(2,3)18-12(17)16-11(8-15)9-4-6-10(14)7-5-9/h4-7,11H,8,15H2,1-3H3,(H,16,17)/t11-/m0/s1. The quantitative estimate of drug-likeness (QED) is 0.901. The Labute approximate surface area is 116 Å². The van der Waals surface area contributed by atoms with Gasteiger partial charge in [0.25, 0.3) is 0 Å². The van der Waals surface area contributed by atoms with Crippen molar-refractivity contribution in [2.24, 2.45) is 5.73 Å². The van der Waals surface area contributed by atoms with E-state index < -0.39 is 11.7 Å². The van der Waals surface area contributed by atoms with E-state index in [4.69, 9.17) is 10.5 Å². The molecule has 1 atom stereocenters. The monoisotopic (exact) mass is 314 g/mol. The van der Waals surface area contributed by atoms with Gasteiger partial charge in [-0.3, -0.25) is 0 Å². The molecule has 18 heavy (non-hydrogen) atoms. The normalized spacial score (nSPS) is 12.9. The van der Waals surface area contributed by atoms with E-state index >= 15 is 0 Å². The number of amides is 1. The van der Waals surface area contributed by atoms with Crippen LogP contribution in [0.25, 0.3) is 0 Å². The molecular weight excluding hydrogens is 296 g/mol. The Balaban J connectivity index is 2.68. The molecule has 0 unspecified atom stereocenters. The minimum Gasteiger partial charge on any atom is -0.444 e. The number of alkyl carbamates (subject to hydrolysis) is 1. The lowest BCUT2D eigenvalue weighted by Crippen LogP contribution is -2.37. The molecule has 0 radical (unpaired) electrons. The number of carbonyl (C=O) groups excluding carboxylic acids is 1. The van der Waals surface area contributed by atoms with Crippen LogP contribution < -0.4 is 11.1 Å². The van der Waals surface area contributed by atoms with Crippen molar-refractivity contribution in [1.82, 2.24) is 5.32 Å². The lowest BCUT2D eigenvalue weighted by Gasteiger charge is -2.23. The molecule has 0 bridgehead atoms. The van der Waals surface area contributed by atoms with Crippen LogP contribution in [0, 0.1) is 0 Å². The second-order valence-electron chi connectivity index (χ2n) is 4.99. The van der Waals surface area contributed by atoms with Gasteiger partial charge in [0.05, 0.1) is 6.04 Å². The zero-order valence-corrected chi connectivity index (χ0v) is 12.5. The highest BCUT2D eigenvalue weighted by Crippen LogP contribution is 2.17. The maximum Gasteiger partial charge on any atom is 0.408 e. The molecule has 5 heteroatoms. The molecule has 4 nitrogen and oxygen atoms in total. The highest BCUT2D eigenvalue weighted by Gasteiger charge is 2.19. The summed E-state index contributed by atoms with van der Waals surface area (Å²) in [6, 6.07) is 7.41. The molecule has 100 valence electrons. The molecule has 1 amide bonds. The summed E-state index contributed by atoms with van der Waals surface area (Å²) in [4.78, 5) is 11.7. The van der Waals surface area contributed by atoms with Crippen molar-refractivity contribution in [3.8, 4) is 0 Å². The highest BCUT2D eigenvalue weighted by atomic mass is 79.9. The summed E-state index contributed by atoms with van der Waals surface area (Å²) in [5.41, 5.74) is 6.11. The molecule has 0 heterocycles. The van der Waals surface area contributed by atoms with E-state index in [9.17, 15) is 4.79 Å². The van der Waals surface area contributed by atoms with Crippen LogP contribution in [0.4, 0.5) is 4.79 Å². The SMILES string of the molecule is CC(C)(C)OC(=O)N[C@@H](CN)c1ccc(Br)cc1. The molecule has 0 spiro atoms. The maximum absolute atomic E-state index is 11.7. The highest BCUT2D eigenvalue weighted by molar-refractivity contribution is 9.10. The van der Waals surface area contributed by atoms with Gasteiger partial charge in [0, 0.05) is 11.0 Å². The fraction of sp³-hybridized carbons (Fsp3) is 0.462. The third-order valence-corrected chi connectivity index (χ3v) is 2.73. The fourth-order valence-electron chi connectivity index (χ4n) is 1.42. The number of halogens is 1. The molecule has 0 saturated heterocycles. The predicted molar refractivity (Wildman–Crippen MR) is 75.3 cm³/mol. The lowest BCUT2D eigenvalue weighted by molar-refractivity contribution is 0.0505. The number of nitrogens with two attached hydrogens (primary N) is 1. The summed E-state index contributed by atoms with van der Waals surface area (Å²) in [5, 5.41) is 2.76. The van der Waals surface area contributed by atoms with Gasteiger partial charge in [-0.15, -0.1) is 0 Å². The van der Waals surface area contributed by atoms with E-state index in [0.29, 0.717) is 6.54 Å². The van der Waals surface area contributed by atoms with Crippen molar-refractivity contribution in [2.45, 2.75) is 32.4 Å². The third kappa shape index (κ3) is 5.06. The molecule has 0 aliphatic heterocycles. The Hall–Kier alpha value is -1.07. The van der Waals surface area contributed by atoms with Gasteiger partial charge < -0.3 is 15.8 Å². The second-order valence-corrected chi connectivity index (χ2v) is 5.90. The van der Waals surface area contributed by atoms with E-state index in [0.717, 1.165) is 10.0 Å². The van der Waals surface area contributed by atoms with Crippen LogP contribution in [-0.4, -0.2) is 18.2 Å². The van der Waals surface area contributed by atoms with Crippen LogP contribution >= 0.6 is 15.9 Å².